The quantitative estimate of drug-likeness (QED) is 0.882. The van der Waals surface area contributed by atoms with Crippen LogP contribution in [0.2, 0.25) is 0 Å². The summed E-state index contributed by atoms with van der Waals surface area (Å²) in [6.07, 6.45) is 2.46. The molecular formula is C19H23N3O. The van der Waals surface area contributed by atoms with Gasteiger partial charge < -0.3 is 5.32 Å². The van der Waals surface area contributed by atoms with E-state index in [1.807, 2.05) is 12.1 Å². The van der Waals surface area contributed by atoms with Crippen molar-refractivity contribution in [2.75, 3.05) is 13.1 Å². The van der Waals surface area contributed by atoms with Crippen molar-refractivity contribution in [1.82, 2.24) is 15.2 Å². The van der Waals surface area contributed by atoms with Gasteiger partial charge in [0.25, 0.3) is 0 Å². The molecule has 0 aliphatic carbocycles. The molecule has 0 spiro atoms. The van der Waals surface area contributed by atoms with Crippen molar-refractivity contribution in [3.05, 3.63) is 53.9 Å². The molecule has 2 aromatic rings. The van der Waals surface area contributed by atoms with Gasteiger partial charge in [0.15, 0.2) is 6.29 Å². The van der Waals surface area contributed by atoms with Crippen LogP contribution in [0.15, 0.2) is 42.6 Å². The number of carbonyl (C=O) groups is 1. The first-order valence-electron chi connectivity index (χ1n) is 8.13. The van der Waals surface area contributed by atoms with E-state index in [0.29, 0.717) is 17.8 Å². The van der Waals surface area contributed by atoms with Gasteiger partial charge in [-0.1, -0.05) is 30.3 Å². The minimum atomic E-state index is 0.491. The van der Waals surface area contributed by atoms with Crippen molar-refractivity contribution in [3.63, 3.8) is 0 Å². The molecule has 1 aromatic heterocycles. The minimum absolute atomic E-state index is 0.491. The number of nitrogens with zero attached hydrogens (tertiary/aromatic N) is 2. The van der Waals surface area contributed by atoms with E-state index in [9.17, 15) is 4.79 Å². The van der Waals surface area contributed by atoms with Crippen LogP contribution in [0.4, 0.5) is 0 Å². The monoisotopic (exact) mass is 309 g/mol. The third-order valence-electron chi connectivity index (χ3n) is 4.25. The highest BCUT2D eigenvalue weighted by Gasteiger charge is 2.20. The fourth-order valence-corrected chi connectivity index (χ4v) is 3.37. The van der Waals surface area contributed by atoms with E-state index in [1.165, 1.54) is 5.56 Å². The van der Waals surface area contributed by atoms with Crippen molar-refractivity contribution in [2.45, 2.75) is 32.5 Å². The molecule has 2 atom stereocenters. The zero-order valence-electron chi connectivity index (χ0n) is 13.7. The van der Waals surface area contributed by atoms with Crippen LogP contribution in [0, 0.1) is 0 Å². The Morgan fingerprint density at radius 1 is 1.17 bits per heavy atom. The summed E-state index contributed by atoms with van der Waals surface area (Å²) in [5, 5.41) is 3.56. The largest absolute Gasteiger partial charge is 0.309 e. The zero-order chi connectivity index (χ0) is 16.2. The molecule has 3 rings (SSSR count). The molecule has 1 aliphatic heterocycles. The van der Waals surface area contributed by atoms with Crippen LogP contribution >= 0.6 is 0 Å². The Bertz CT molecular complexity index is 659. The molecule has 0 amide bonds. The topological polar surface area (TPSA) is 45.2 Å². The molecule has 1 saturated heterocycles. The Kier molecular flexibility index (Phi) is 4.84. The second kappa shape index (κ2) is 7.02. The third-order valence-corrected chi connectivity index (χ3v) is 4.25. The van der Waals surface area contributed by atoms with Crippen LogP contribution in [0.25, 0.3) is 11.1 Å². The highest BCUT2D eigenvalue weighted by molar-refractivity contribution is 5.84. The third kappa shape index (κ3) is 3.84. The number of rotatable bonds is 4. The summed E-state index contributed by atoms with van der Waals surface area (Å²) in [6.45, 7) is 7.57. The van der Waals surface area contributed by atoms with Gasteiger partial charge in [0.2, 0.25) is 0 Å². The van der Waals surface area contributed by atoms with Crippen LogP contribution < -0.4 is 5.32 Å². The van der Waals surface area contributed by atoms with Gasteiger partial charge >= 0.3 is 0 Å². The SMILES string of the molecule is C[C@@H]1CN(Cc2ccc(-c3cccnc3C=O)cc2)C[C@H](C)N1. The Morgan fingerprint density at radius 3 is 2.52 bits per heavy atom. The molecule has 0 radical (unpaired) electrons. The normalized spacial score (nSPS) is 22.0. The predicted octanol–water partition coefficient (Wildman–Crippen LogP) is 2.74. The Labute approximate surface area is 137 Å². The first-order chi connectivity index (χ1) is 11.2. The lowest BCUT2D eigenvalue weighted by molar-refractivity contribution is 0.111. The number of carbonyl (C=O) groups excluding carboxylic acids is 1. The molecule has 1 fully saturated rings. The molecule has 1 aromatic carbocycles. The van der Waals surface area contributed by atoms with Gasteiger partial charge in [0, 0.05) is 43.5 Å². The standard InChI is InChI=1S/C19H23N3O/c1-14-10-22(11-15(2)21-14)12-16-5-7-17(8-6-16)18-4-3-9-20-19(18)13-23/h3-9,13-15,21H,10-12H2,1-2H3/t14-,15+. The fourth-order valence-electron chi connectivity index (χ4n) is 3.37. The number of aromatic nitrogens is 1. The average molecular weight is 309 g/mol. The lowest BCUT2D eigenvalue weighted by Gasteiger charge is -2.36. The summed E-state index contributed by atoms with van der Waals surface area (Å²) in [4.78, 5) is 17.7. The van der Waals surface area contributed by atoms with Crippen molar-refractivity contribution in [2.24, 2.45) is 0 Å². The number of nitrogens with one attached hydrogen (secondary N) is 1. The van der Waals surface area contributed by atoms with E-state index in [-0.39, 0.29) is 0 Å². The maximum atomic E-state index is 11.1. The first-order valence-corrected chi connectivity index (χ1v) is 8.13. The van der Waals surface area contributed by atoms with Gasteiger partial charge in [-0.3, -0.25) is 14.7 Å². The summed E-state index contributed by atoms with van der Waals surface area (Å²) >= 11 is 0. The van der Waals surface area contributed by atoms with Crippen molar-refractivity contribution in [1.29, 1.82) is 0 Å². The number of aldehydes is 1. The second-order valence-electron chi connectivity index (χ2n) is 6.41. The molecular weight excluding hydrogens is 286 g/mol. The number of benzene rings is 1. The number of hydrogen-bond donors (Lipinski definition) is 1. The number of piperazine rings is 1. The summed E-state index contributed by atoms with van der Waals surface area (Å²) in [7, 11) is 0. The average Bonchev–Trinajstić information content (AvgIpc) is 2.54. The van der Waals surface area contributed by atoms with E-state index in [0.717, 1.165) is 37.0 Å². The van der Waals surface area contributed by atoms with E-state index in [2.05, 4.69) is 53.3 Å². The van der Waals surface area contributed by atoms with E-state index in [4.69, 9.17) is 0 Å². The Hall–Kier alpha value is -2.04. The molecule has 120 valence electrons. The second-order valence-corrected chi connectivity index (χ2v) is 6.41. The summed E-state index contributed by atoms with van der Waals surface area (Å²) in [5.74, 6) is 0. The number of hydrogen-bond acceptors (Lipinski definition) is 4. The molecule has 23 heavy (non-hydrogen) atoms. The maximum absolute atomic E-state index is 11.1. The molecule has 1 aliphatic rings. The molecule has 4 heteroatoms. The van der Waals surface area contributed by atoms with Gasteiger partial charge in [-0.05, 0) is 31.0 Å². The van der Waals surface area contributed by atoms with Gasteiger partial charge in [-0.25, -0.2) is 0 Å². The van der Waals surface area contributed by atoms with Gasteiger partial charge in [-0.2, -0.15) is 0 Å². The summed E-state index contributed by atoms with van der Waals surface area (Å²) in [6, 6.07) is 13.3. The van der Waals surface area contributed by atoms with Gasteiger partial charge in [0.1, 0.15) is 5.69 Å². The molecule has 2 heterocycles. The number of pyridine rings is 1. The molecule has 0 bridgehead atoms. The molecule has 4 nitrogen and oxygen atoms in total. The van der Waals surface area contributed by atoms with Crippen LogP contribution in [-0.2, 0) is 6.54 Å². The summed E-state index contributed by atoms with van der Waals surface area (Å²) in [5.41, 5.74) is 3.71. The van der Waals surface area contributed by atoms with Crippen molar-refractivity contribution in [3.8, 4) is 11.1 Å². The zero-order valence-corrected chi connectivity index (χ0v) is 13.7. The van der Waals surface area contributed by atoms with Crippen LogP contribution in [-0.4, -0.2) is 41.3 Å². The van der Waals surface area contributed by atoms with Gasteiger partial charge in [-0.15, -0.1) is 0 Å². The predicted molar refractivity (Wildman–Crippen MR) is 92.4 cm³/mol. The lowest BCUT2D eigenvalue weighted by Crippen LogP contribution is -2.53. The Balaban J connectivity index is 1.73. The minimum Gasteiger partial charge on any atom is -0.309 e. The van der Waals surface area contributed by atoms with E-state index in [1.54, 1.807) is 6.20 Å². The first kappa shape index (κ1) is 15.8. The van der Waals surface area contributed by atoms with Crippen molar-refractivity contribution >= 4 is 6.29 Å². The van der Waals surface area contributed by atoms with Crippen LogP contribution in [0.5, 0.6) is 0 Å². The van der Waals surface area contributed by atoms with Crippen LogP contribution in [0.3, 0.4) is 0 Å². The summed E-state index contributed by atoms with van der Waals surface area (Å²) < 4.78 is 0. The fraction of sp³-hybridized carbons (Fsp3) is 0.368. The highest BCUT2D eigenvalue weighted by Crippen LogP contribution is 2.22. The molecule has 0 saturated carbocycles. The lowest BCUT2D eigenvalue weighted by atomic mass is 10.0. The smallest absolute Gasteiger partial charge is 0.169 e. The van der Waals surface area contributed by atoms with Crippen LogP contribution in [0.1, 0.15) is 29.9 Å². The maximum Gasteiger partial charge on any atom is 0.169 e. The molecule has 1 N–H and O–H groups in total. The van der Waals surface area contributed by atoms with E-state index < -0.39 is 0 Å². The highest BCUT2D eigenvalue weighted by atomic mass is 16.1. The Morgan fingerprint density at radius 2 is 1.87 bits per heavy atom. The van der Waals surface area contributed by atoms with E-state index >= 15 is 0 Å². The molecule has 0 unspecified atom stereocenters. The van der Waals surface area contributed by atoms with Crippen molar-refractivity contribution < 1.29 is 4.79 Å². The van der Waals surface area contributed by atoms with Gasteiger partial charge in [0.05, 0.1) is 0 Å².